The summed E-state index contributed by atoms with van der Waals surface area (Å²) in [5.41, 5.74) is 0. The zero-order valence-corrected chi connectivity index (χ0v) is 9.91. The van der Waals surface area contributed by atoms with E-state index in [-0.39, 0.29) is 18.6 Å². The van der Waals surface area contributed by atoms with E-state index in [0.717, 1.165) is 19.4 Å². The molecule has 1 unspecified atom stereocenters. The average molecular weight is 244 g/mol. The molecule has 0 aromatic carbocycles. The van der Waals surface area contributed by atoms with Crippen LogP contribution in [0.3, 0.4) is 0 Å². The van der Waals surface area contributed by atoms with Gasteiger partial charge in [-0.15, -0.1) is 0 Å². The van der Waals surface area contributed by atoms with Crippen LogP contribution in [0, 0.1) is 0 Å². The molecular weight excluding hydrogens is 224 g/mol. The molecule has 0 spiro atoms. The highest BCUT2D eigenvalue weighted by Crippen LogP contribution is 2.10. The SMILES string of the molecule is O=C(O)CCCCNC(=O)NCC1CCCO1. The fourth-order valence-corrected chi connectivity index (χ4v) is 1.68. The molecular formula is C11H20N2O4. The highest BCUT2D eigenvalue weighted by molar-refractivity contribution is 5.73. The van der Waals surface area contributed by atoms with Crippen molar-refractivity contribution in [3.8, 4) is 0 Å². The maximum absolute atomic E-state index is 11.3. The van der Waals surface area contributed by atoms with Crippen molar-refractivity contribution in [3.63, 3.8) is 0 Å². The van der Waals surface area contributed by atoms with Crippen LogP contribution in [0.5, 0.6) is 0 Å². The van der Waals surface area contributed by atoms with E-state index in [1.165, 1.54) is 0 Å². The molecule has 6 heteroatoms. The lowest BCUT2D eigenvalue weighted by molar-refractivity contribution is -0.137. The lowest BCUT2D eigenvalue weighted by atomic mass is 10.2. The molecule has 1 aliphatic heterocycles. The fraction of sp³-hybridized carbons (Fsp3) is 0.818. The van der Waals surface area contributed by atoms with Crippen LogP contribution < -0.4 is 10.6 Å². The van der Waals surface area contributed by atoms with Crippen LogP contribution in [0.15, 0.2) is 0 Å². The third kappa shape index (κ3) is 6.78. The van der Waals surface area contributed by atoms with E-state index in [2.05, 4.69) is 10.6 Å². The maximum atomic E-state index is 11.3. The summed E-state index contributed by atoms with van der Waals surface area (Å²) in [5, 5.41) is 13.8. The molecule has 1 saturated heterocycles. The van der Waals surface area contributed by atoms with Crippen LogP contribution >= 0.6 is 0 Å². The third-order valence-corrected chi connectivity index (χ3v) is 2.62. The van der Waals surface area contributed by atoms with Crippen LogP contribution in [0.1, 0.15) is 32.1 Å². The van der Waals surface area contributed by atoms with E-state index in [1.807, 2.05) is 0 Å². The van der Waals surface area contributed by atoms with Crippen LogP contribution in [0.25, 0.3) is 0 Å². The van der Waals surface area contributed by atoms with Gasteiger partial charge in [-0.2, -0.15) is 0 Å². The summed E-state index contributed by atoms with van der Waals surface area (Å²) in [6, 6.07) is -0.212. The summed E-state index contributed by atoms with van der Waals surface area (Å²) in [7, 11) is 0. The Bertz CT molecular complexity index is 252. The molecule has 0 aromatic rings. The number of urea groups is 1. The predicted molar refractivity (Wildman–Crippen MR) is 61.9 cm³/mol. The zero-order valence-electron chi connectivity index (χ0n) is 9.91. The Morgan fingerprint density at radius 3 is 2.76 bits per heavy atom. The van der Waals surface area contributed by atoms with Gasteiger partial charge in [-0.05, 0) is 25.7 Å². The van der Waals surface area contributed by atoms with E-state index >= 15 is 0 Å². The number of hydrogen-bond acceptors (Lipinski definition) is 3. The fourth-order valence-electron chi connectivity index (χ4n) is 1.68. The van der Waals surface area contributed by atoms with Gasteiger partial charge >= 0.3 is 12.0 Å². The second kappa shape index (κ2) is 7.89. The highest BCUT2D eigenvalue weighted by Gasteiger charge is 2.15. The molecule has 1 aliphatic rings. The maximum Gasteiger partial charge on any atom is 0.314 e. The summed E-state index contributed by atoms with van der Waals surface area (Å²) in [5.74, 6) is -0.798. The number of amides is 2. The average Bonchev–Trinajstić information content (AvgIpc) is 2.78. The van der Waals surface area contributed by atoms with E-state index in [0.29, 0.717) is 25.9 Å². The molecule has 0 radical (unpaired) electrons. The standard InChI is InChI=1S/C11H20N2O4/c14-10(15)5-1-2-6-12-11(16)13-8-9-4-3-7-17-9/h9H,1-8H2,(H,14,15)(H2,12,13,16). The van der Waals surface area contributed by atoms with Crippen molar-refractivity contribution in [3.05, 3.63) is 0 Å². The summed E-state index contributed by atoms with van der Waals surface area (Å²) in [6.45, 7) is 1.83. The Balaban J connectivity index is 1.92. The van der Waals surface area contributed by atoms with Gasteiger partial charge in [-0.25, -0.2) is 4.79 Å². The summed E-state index contributed by atoms with van der Waals surface area (Å²) in [6.07, 6.45) is 3.62. The van der Waals surface area contributed by atoms with Crippen molar-refractivity contribution in [2.75, 3.05) is 19.7 Å². The van der Waals surface area contributed by atoms with Gasteiger partial charge in [0, 0.05) is 26.1 Å². The molecule has 0 saturated carbocycles. The number of carbonyl (C=O) groups excluding carboxylic acids is 1. The molecule has 1 atom stereocenters. The third-order valence-electron chi connectivity index (χ3n) is 2.62. The van der Waals surface area contributed by atoms with Gasteiger partial charge in [0.05, 0.1) is 6.10 Å². The Labute approximate surface area is 101 Å². The topological polar surface area (TPSA) is 87.7 Å². The van der Waals surface area contributed by atoms with Gasteiger partial charge in [0.25, 0.3) is 0 Å². The molecule has 0 bridgehead atoms. The van der Waals surface area contributed by atoms with E-state index < -0.39 is 5.97 Å². The molecule has 6 nitrogen and oxygen atoms in total. The summed E-state index contributed by atoms with van der Waals surface area (Å²) < 4.78 is 5.36. The van der Waals surface area contributed by atoms with Crippen LogP contribution in [-0.2, 0) is 9.53 Å². The van der Waals surface area contributed by atoms with Crippen molar-refractivity contribution in [1.29, 1.82) is 0 Å². The van der Waals surface area contributed by atoms with Crippen LogP contribution in [0.2, 0.25) is 0 Å². The smallest absolute Gasteiger partial charge is 0.314 e. The number of ether oxygens (including phenoxy) is 1. The molecule has 0 aromatic heterocycles. The van der Waals surface area contributed by atoms with Gasteiger partial charge in [0.2, 0.25) is 0 Å². The second-order valence-electron chi connectivity index (χ2n) is 4.12. The molecule has 0 aliphatic carbocycles. The molecule has 17 heavy (non-hydrogen) atoms. The number of rotatable bonds is 7. The molecule has 1 heterocycles. The first-order chi connectivity index (χ1) is 8.18. The van der Waals surface area contributed by atoms with Gasteiger partial charge in [-0.1, -0.05) is 0 Å². The van der Waals surface area contributed by atoms with Gasteiger partial charge in [-0.3, -0.25) is 4.79 Å². The number of nitrogens with one attached hydrogen (secondary N) is 2. The van der Waals surface area contributed by atoms with Gasteiger partial charge in [0.15, 0.2) is 0 Å². The van der Waals surface area contributed by atoms with Gasteiger partial charge < -0.3 is 20.5 Å². The van der Waals surface area contributed by atoms with E-state index in [4.69, 9.17) is 9.84 Å². The summed E-state index contributed by atoms with van der Waals surface area (Å²) in [4.78, 5) is 21.5. The van der Waals surface area contributed by atoms with Crippen LogP contribution in [0.4, 0.5) is 4.79 Å². The molecule has 1 rings (SSSR count). The minimum Gasteiger partial charge on any atom is -0.481 e. The molecule has 2 amide bonds. The summed E-state index contributed by atoms with van der Waals surface area (Å²) >= 11 is 0. The first-order valence-electron chi connectivity index (χ1n) is 6.03. The Morgan fingerprint density at radius 2 is 2.12 bits per heavy atom. The molecule has 1 fully saturated rings. The Kier molecular flexibility index (Phi) is 6.39. The van der Waals surface area contributed by atoms with Crippen LogP contribution in [-0.4, -0.2) is 42.9 Å². The number of carboxylic acid groups (broad SMARTS) is 1. The Morgan fingerprint density at radius 1 is 1.29 bits per heavy atom. The highest BCUT2D eigenvalue weighted by atomic mass is 16.5. The largest absolute Gasteiger partial charge is 0.481 e. The number of carbonyl (C=O) groups is 2. The zero-order chi connectivity index (χ0) is 12.5. The molecule has 98 valence electrons. The lowest BCUT2D eigenvalue weighted by Gasteiger charge is -2.11. The quantitative estimate of drug-likeness (QED) is 0.576. The molecule has 3 N–H and O–H groups in total. The monoisotopic (exact) mass is 244 g/mol. The number of hydrogen-bond donors (Lipinski definition) is 3. The van der Waals surface area contributed by atoms with Crippen molar-refractivity contribution >= 4 is 12.0 Å². The predicted octanol–water partition coefficient (Wildman–Crippen LogP) is 0.719. The van der Waals surface area contributed by atoms with Crippen molar-refractivity contribution in [2.24, 2.45) is 0 Å². The minimum absolute atomic E-state index is 0.146. The van der Waals surface area contributed by atoms with Crippen molar-refractivity contribution < 1.29 is 19.4 Å². The normalized spacial score (nSPS) is 18.9. The van der Waals surface area contributed by atoms with Gasteiger partial charge in [0.1, 0.15) is 0 Å². The first kappa shape index (κ1) is 13.8. The van der Waals surface area contributed by atoms with Crippen molar-refractivity contribution in [2.45, 2.75) is 38.2 Å². The number of unbranched alkanes of at least 4 members (excludes halogenated alkanes) is 1. The first-order valence-corrected chi connectivity index (χ1v) is 6.03. The second-order valence-corrected chi connectivity index (χ2v) is 4.12. The van der Waals surface area contributed by atoms with E-state index in [9.17, 15) is 9.59 Å². The van der Waals surface area contributed by atoms with Crippen molar-refractivity contribution in [1.82, 2.24) is 10.6 Å². The minimum atomic E-state index is -0.798. The number of carboxylic acids is 1. The van der Waals surface area contributed by atoms with E-state index in [1.54, 1.807) is 0 Å². The number of aliphatic carboxylic acids is 1. The lowest BCUT2D eigenvalue weighted by Crippen LogP contribution is -2.39. The Hall–Kier alpha value is -1.30.